The van der Waals surface area contributed by atoms with Crippen LogP contribution in [0.3, 0.4) is 0 Å². The third kappa shape index (κ3) is 4.78. The minimum atomic E-state index is -0.495. The zero-order valence-electron chi connectivity index (χ0n) is 18.6. The number of anilines is 2. The van der Waals surface area contributed by atoms with Crippen LogP contribution in [0.4, 0.5) is 15.9 Å². The van der Waals surface area contributed by atoms with Gasteiger partial charge in [0.25, 0.3) is 0 Å². The normalized spacial score (nSPS) is 11.8. The maximum Gasteiger partial charge on any atom is 0.188 e. The van der Waals surface area contributed by atoms with Crippen LogP contribution in [0.1, 0.15) is 5.56 Å². The molecule has 0 unspecified atom stereocenters. The number of pyridine rings is 2. The molecule has 0 saturated carbocycles. The zero-order valence-corrected chi connectivity index (χ0v) is 18.6. The molecule has 32 heavy (non-hydrogen) atoms. The van der Waals surface area contributed by atoms with Crippen molar-refractivity contribution in [1.29, 1.82) is 0 Å². The largest absolute Gasteiger partial charge is 0.497 e. The van der Waals surface area contributed by atoms with Gasteiger partial charge in [-0.25, -0.2) is 9.37 Å². The summed E-state index contributed by atoms with van der Waals surface area (Å²) in [6.07, 6.45) is 6.53. The first kappa shape index (κ1) is 23.0. The van der Waals surface area contributed by atoms with Gasteiger partial charge in [-0.15, -0.1) is 0 Å². The van der Waals surface area contributed by atoms with Gasteiger partial charge in [0, 0.05) is 67.4 Å². The van der Waals surface area contributed by atoms with Crippen molar-refractivity contribution in [3.8, 4) is 11.5 Å². The van der Waals surface area contributed by atoms with E-state index in [9.17, 15) is 0 Å². The van der Waals surface area contributed by atoms with Crippen molar-refractivity contribution >= 4 is 34.2 Å². The van der Waals surface area contributed by atoms with Gasteiger partial charge >= 0.3 is 0 Å². The molecule has 3 N–H and O–H groups in total. The van der Waals surface area contributed by atoms with Gasteiger partial charge in [0.15, 0.2) is 11.6 Å². The summed E-state index contributed by atoms with van der Waals surface area (Å²) in [5, 5.41) is 3.93. The second kappa shape index (κ2) is 10.5. The van der Waals surface area contributed by atoms with E-state index >= 15 is 4.39 Å². The third-order valence-electron chi connectivity index (χ3n) is 4.94. The van der Waals surface area contributed by atoms with E-state index in [1.807, 2.05) is 19.2 Å². The Kier molecular flexibility index (Phi) is 7.56. The van der Waals surface area contributed by atoms with Gasteiger partial charge in [-0.1, -0.05) is 0 Å². The predicted octanol–water partition coefficient (Wildman–Crippen LogP) is 3.14. The number of methoxy groups -OCH3 is 2. The number of halogens is 1. The van der Waals surface area contributed by atoms with Crippen LogP contribution in [0, 0.1) is 5.82 Å². The highest BCUT2D eigenvalue weighted by Crippen LogP contribution is 2.36. The van der Waals surface area contributed by atoms with E-state index in [0.717, 1.165) is 16.5 Å². The zero-order chi connectivity index (χ0) is 23.1. The number of allylic oxidation sites excluding steroid dienone is 1. The van der Waals surface area contributed by atoms with Crippen molar-refractivity contribution in [2.75, 3.05) is 46.3 Å². The van der Waals surface area contributed by atoms with Crippen LogP contribution in [-0.2, 0) is 0 Å². The number of hydrogen-bond donors (Lipinski definition) is 2. The summed E-state index contributed by atoms with van der Waals surface area (Å²) in [5.41, 5.74) is 8.31. The van der Waals surface area contributed by atoms with Crippen LogP contribution in [0.25, 0.3) is 16.5 Å². The number of hydrogen-bond acceptors (Lipinski definition) is 8. The van der Waals surface area contributed by atoms with Crippen molar-refractivity contribution in [2.45, 2.75) is 0 Å². The summed E-state index contributed by atoms with van der Waals surface area (Å²) in [6, 6.07) is 6.95. The van der Waals surface area contributed by atoms with Gasteiger partial charge in [0.1, 0.15) is 11.6 Å². The highest BCUT2D eigenvalue weighted by Gasteiger charge is 2.20. The summed E-state index contributed by atoms with van der Waals surface area (Å²) >= 11 is 0. The molecule has 168 valence electrons. The molecule has 0 amide bonds. The van der Waals surface area contributed by atoms with E-state index in [-0.39, 0.29) is 5.75 Å². The van der Waals surface area contributed by atoms with E-state index in [0.29, 0.717) is 35.9 Å². The third-order valence-corrected chi connectivity index (χ3v) is 4.94. The SMILES string of the molecule is CN=CC(=CN)c1cnc2cnc(N(CCNC)c3cc(OC)cc(OC)c3F)cc2c1. The summed E-state index contributed by atoms with van der Waals surface area (Å²) in [7, 11) is 6.46. The fourth-order valence-corrected chi connectivity index (χ4v) is 3.28. The lowest BCUT2D eigenvalue weighted by atomic mass is 10.1. The Morgan fingerprint density at radius 2 is 2.00 bits per heavy atom. The molecule has 0 atom stereocenters. The van der Waals surface area contributed by atoms with Crippen molar-refractivity contribution in [2.24, 2.45) is 10.7 Å². The number of nitrogens with one attached hydrogen (secondary N) is 1. The molecule has 3 rings (SSSR count). The number of likely N-dealkylation sites (N-methyl/N-ethyl adjacent to an activating group) is 1. The van der Waals surface area contributed by atoms with Gasteiger partial charge < -0.3 is 25.4 Å². The first-order chi connectivity index (χ1) is 15.6. The summed E-state index contributed by atoms with van der Waals surface area (Å²) in [5.74, 6) is 0.637. The van der Waals surface area contributed by atoms with Crippen molar-refractivity contribution in [3.05, 3.63) is 54.2 Å². The van der Waals surface area contributed by atoms with Gasteiger partial charge in [0.05, 0.1) is 31.6 Å². The lowest BCUT2D eigenvalue weighted by Crippen LogP contribution is -2.28. The number of nitrogens with two attached hydrogens (primary N) is 1. The second-order valence-corrected chi connectivity index (χ2v) is 6.89. The molecule has 0 saturated heterocycles. The molecular weight excluding hydrogens is 411 g/mol. The summed E-state index contributed by atoms with van der Waals surface area (Å²) < 4.78 is 25.8. The average Bonchev–Trinajstić information content (AvgIpc) is 2.83. The van der Waals surface area contributed by atoms with Crippen LogP contribution in [0.2, 0.25) is 0 Å². The molecule has 0 aliphatic carbocycles. The van der Waals surface area contributed by atoms with E-state index in [1.165, 1.54) is 26.5 Å². The lowest BCUT2D eigenvalue weighted by Gasteiger charge is -2.25. The molecular formula is C23H27FN6O2. The lowest BCUT2D eigenvalue weighted by molar-refractivity contribution is 0.374. The van der Waals surface area contributed by atoms with Crippen LogP contribution < -0.4 is 25.4 Å². The fraction of sp³-hybridized carbons (Fsp3) is 0.261. The molecule has 0 bridgehead atoms. The van der Waals surface area contributed by atoms with E-state index in [1.54, 1.807) is 36.6 Å². The number of aromatic nitrogens is 2. The van der Waals surface area contributed by atoms with Crippen molar-refractivity contribution in [3.63, 3.8) is 0 Å². The molecule has 1 aromatic carbocycles. The predicted molar refractivity (Wildman–Crippen MR) is 127 cm³/mol. The quantitative estimate of drug-likeness (QED) is 0.495. The smallest absolute Gasteiger partial charge is 0.188 e. The molecule has 0 aliphatic heterocycles. The molecule has 8 nitrogen and oxygen atoms in total. The van der Waals surface area contributed by atoms with Gasteiger partial charge in [0.2, 0.25) is 0 Å². The Balaban J connectivity index is 2.15. The van der Waals surface area contributed by atoms with Gasteiger partial charge in [-0.05, 0) is 19.2 Å². The topological polar surface area (TPSA) is 97.9 Å². The minimum Gasteiger partial charge on any atom is -0.497 e. The maximum absolute atomic E-state index is 15.2. The first-order valence-corrected chi connectivity index (χ1v) is 10.00. The van der Waals surface area contributed by atoms with Crippen LogP contribution in [0.15, 0.2) is 47.9 Å². The van der Waals surface area contributed by atoms with Crippen LogP contribution in [-0.4, -0.2) is 57.6 Å². The van der Waals surface area contributed by atoms with Crippen molar-refractivity contribution < 1.29 is 13.9 Å². The van der Waals surface area contributed by atoms with E-state index in [4.69, 9.17) is 15.2 Å². The minimum absolute atomic E-state index is 0.0927. The molecule has 2 aromatic heterocycles. The summed E-state index contributed by atoms with van der Waals surface area (Å²) in [4.78, 5) is 14.8. The molecule has 9 heteroatoms. The number of ether oxygens (including phenoxy) is 2. The van der Waals surface area contributed by atoms with Gasteiger partial charge in [-0.2, -0.15) is 0 Å². The number of aliphatic imine (C=N–C) groups is 1. The van der Waals surface area contributed by atoms with E-state index in [2.05, 4.69) is 20.3 Å². The maximum atomic E-state index is 15.2. The monoisotopic (exact) mass is 438 g/mol. The molecule has 0 fully saturated rings. The Hall–Kier alpha value is -3.72. The fourth-order valence-electron chi connectivity index (χ4n) is 3.28. The molecule has 2 heterocycles. The highest BCUT2D eigenvalue weighted by molar-refractivity contribution is 6.10. The number of rotatable bonds is 9. The van der Waals surface area contributed by atoms with Crippen LogP contribution >= 0.6 is 0 Å². The second-order valence-electron chi connectivity index (χ2n) is 6.89. The highest BCUT2D eigenvalue weighted by atomic mass is 19.1. The van der Waals surface area contributed by atoms with Gasteiger partial charge in [-0.3, -0.25) is 9.98 Å². The summed E-state index contributed by atoms with van der Waals surface area (Å²) in [6.45, 7) is 1.07. The Morgan fingerprint density at radius 3 is 2.66 bits per heavy atom. The number of nitrogens with zero attached hydrogens (tertiary/aromatic N) is 4. The van der Waals surface area contributed by atoms with Crippen LogP contribution in [0.5, 0.6) is 11.5 Å². The molecule has 0 aliphatic rings. The Bertz CT molecular complexity index is 1150. The standard InChI is InChI=1S/C23H27FN6O2/c1-26-5-6-30(20-9-18(31-3)10-21(32-4)23(20)24)22-8-15-7-16(17(11-25)12-27-2)13-28-19(15)14-29-22/h7-14,26H,5-6,25H2,1-4H3. The number of fused-ring (bicyclic) bond motifs is 1. The Labute approximate surface area is 186 Å². The first-order valence-electron chi connectivity index (χ1n) is 10.00. The van der Waals surface area contributed by atoms with Crippen molar-refractivity contribution in [1.82, 2.24) is 15.3 Å². The average molecular weight is 439 g/mol. The van der Waals surface area contributed by atoms with E-state index < -0.39 is 5.82 Å². The number of benzene rings is 1. The Morgan fingerprint density at radius 1 is 1.19 bits per heavy atom. The molecule has 3 aromatic rings. The molecule has 0 spiro atoms. The molecule has 0 radical (unpaired) electrons.